The van der Waals surface area contributed by atoms with Gasteiger partial charge in [-0.25, -0.2) is 15.0 Å². The first-order valence-corrected chi connectivity index (χ1v) is 7.02. The molecule has 2 N–H and O–H groups in total. The molecule has 3 aromatic rings. The van der Waals surface area contributed by atoms with Gasteiger partial charge < -0.3 is 5.73 Å². The molecule has 0 spiro atoms. The Hall–Kier alpha value is -2.01. The third kappa shape index (κ3) is 2.14. The summed E-state index contributed by atoms with van der Waals surface area (Å²) < 4.78 is 0.860. The summed E-state index contributed by atoms with van der Waals surface area (Å²) in [4.78, 5) is 13.5. The molecule has 0 bridgehead atoms. The van der Waals surface area contributed by atoms with Crippen LogP contribution in [0.15, 0.2) is 34.8 Å². The third-order valence-corrected chi connectivity index (χ3v) is 3.92. The molecule has 0 amide bonds. The minimum absolute atomic E-state index is 0.495. The van der Waals surface area contributed by atoms with Crippen LogP contribution < -0.4 is 5.73 Å². The quantitative estimate of drug-likeness (QED) is 0.740. The lowest BCUT2D eigenvalue weighted by molar-refractivity contribution is 1.07. The van der Waals surface area contributed by atoms with Gasteiger partial charge in [-0.15, -0.1) is 0 Å². The van der Waals surface area contributed by atoms with E-state index in [2.05, 4.69) is 30.9 Å². The number of benzene rings is 1. The van der Waals surface area contributed by atoms with Gasteiger partial charge in [0.15, 0.2) is 5.82 Å². The van der Waals surface area contributed by atoms with Crippen LogP contribution in [-0.4, -0.2) is 15.0 Å². The summed E-state index contributed by atoms with van der Waals surface area (Å²) >= 11 is 3.54. The molecule has 0 atom stereocenters. The highest BCUT2D eigenvalue weighted by Gasteiger charge is 2.13. The van der Waals surface area contributed by atoms with Crippen LogP contribution in [0.1, 0.15) is 11.3 Å². The second-order valence-corrected chi connectivity index (χ2v) is 5.51. The summed E-state index contributed by atoms with van der Waals surface area (Å²) in [6.45, 7) is 3.84. The maximum absolute atomic E-state index is 5.93. The molecular weight excluding hydrogens is 316 g/mol. The Balaban J connectivity index is 2.26. The fraction of sp³-hybridized carbons (Fsp3) is 0.133. The third-order valence-electron chi connectivity index (χ3n) is 3.32. The second-order valence-electron chi connectivity index (χ2n) is 4.65. The number of nitrogens with zero attached hydrogens (tertiary/aromatic N) is 3. The number of hydrogen-bond donors (Lipinski definition) is 1. The molecular formula is C15H13BrN4. The fourth-order valence-electron chi connectivity index (χ4n) is 2.00. The number of aryl methyl sites for hydroxylation is 1. The number of fused-ring (bicyclic) bond motifs is 1. The van der Waals surface area contributed by atoms with Gasteiger partial charge >= 0.3 is 0 Å². The molecule has 5 heteroatoms. The number of halogens is 1. The van der Waals surface area contributed by atoms with Crippen LogP contribution in [0.2, 0.25) is 0 Å². The zero-order valence-electron chi connectivity index (χ0n) is 11.2. The van der Waals surface area contributed by atoms with E-state index in [4.69, 9.17) is 5.73 Å². The molecule has 0 aliphatic rings. The van der Waals surface area contributed by atoms with E-state index >= 15 is 0 Å². The monoisotopic (exact) mass is 328 g/mol. The largest absolute Gasteiger partial charge is 0.383 e. The topological polar surface area (TPSA) is 64.7 Å². The first kappa shape index (κ1) is 13.0. The fourth-order valence-corrected chi connectivity index (χ4v) is 2.52. The molecule has 2 aromatic heterocycles. The lowest BCUT2D eigenvalue weighted by Crippen LogP contribution is -2.03. The molecule has 0 radical (unpaired) electrons. The summed E-state index contributed by atoms with van der Waals surface area (Å²) in [6, 6.07) is 9.96. The van der Waals surface area contributed by atoms with Crippen molar-refractivity contribution in [2.75, 3.05) is 5.73 Å². The first-order chi connectivity index (χ1) is 9.56. The molecule has 0 saturated carbocycles. The van der Waals surface area contributed by atoms with Crippen molar-refractivity contribution in [3.8, 4) is 11.5 Å². The van der Waals surface area contributed by atoms with Gasteiger partial charge in [-0.1, -0.05) is 18.2 Å². The maximum Gasteiger partial charge on any atom is 0.181 e. The van der Waals surface area contributed by atoms with E-state index in [1.807, 2.05) is 44.2 Å². The number of pyridine rings is 1. The van der Waals surface area contributed by atoms with Crippen LogP contribution in [0.4, 0.5) is 5.82 Å². The van der Waals surface area contributed by atoms with Gasteiger partial charge in [0.25, 0.3) is 0 Å². The standard InChI is InChI=1S/C15H13BrN4/c1-8-9(2)18-15(20-14(8)17)13-11(16)7-10-5-3-4-6-12(10)19-13/h3-7H,1-2H3,(H2,17,18,20). The smallest absolute Gasteiger partial charge is 0.181 e. The van der Waals surface area contributed by atoms with Crippen LogP contribution in [0.5, 0.6) is 0 Å². The van der Waals surface area contributed by atoms with Crippen LogP contribution >= 0.6 is 15.9 Å². The Kier molecular flexibility index (Phi) is 3.14. The van der Waals surface area contributed by atoms with Crippen LogP contribution in [0.25, 0.3) is 22.4 Å². The van der Waals surface area contributed by atoms with Gasteiger partial charge in [0.2, 0.25) is 0 Å². The van der Waals surface area contributed by atoms with Gasteiger partial charge in [-0.2, -0.15) is 0 Å². The summed E-state index contributed by atoms with van der Waals surface area (Å²) in [7, 11) is 0. The molecule has 1 aromatic carbocycles. The minimum atomic E-state index is 0.495. The van der Waals surface area contributed by atoms with Gasteiger partial charge in [0, 0.05) is 21.1 Å². The van der Waals surface area contributed by atoms with Crippen molar-refractivity contribution in [3.63, 3.8) is 0 Å². The van der Waals surface area contributed by atoms with Gasteiger partial charge in [0.05, 0.1) is 5.52 Å². The highest BCUT2D eigenvalue weighted by Crippen LogP contribution is 2.28. The first-order valence-electron chi connectivity index (χ1n) is 6.22. The number of rotatable bonds is 1. The molecule has 0 aliphatic carbocycles. The number of anilines is 1. The Morgan fingerprint density at radius 1 is 1.05 bits per heavy atom. The zero-order chi connectivity index (χ0) is 14.3. The minimum Gasteiger partial charge on any atom is -0.383 e. The molecule has 2 heterocycles. The molecule has 0 unspecified atom stereocenters. The molecule has 4 nitrogen and oxygen atoms in total. The van der Waals surface area contributed by atoms with Crippen LogP contribution in [0.3, 0.4) is 0 Å². The van der Waals surface area contributed by atoms with Gasteiger partial charge in [-0.05, 0) is 41.9 Å². The maximum atomic E-state index is 5.93. The average molecular weight is 329 g/mol. The predicted molar refractivity (Wildman–Crippen MR) is 84.4 cm³/mol. The SMILES string of the molecule is Cc1nc(-c2nc3ccccc3cc2Br)nc(N)c1C. The molecule has 0 aliphatic heterocycles. The molecule has 0 fully saturated rings. The summed E-state index contributed by atoms with van der Waals surface area (Å²) in [5.41, 5.74) is 9.32. The van der Waals surface area contributed by atoms with Crippen molar-refractivity contribution in [3.05, 3.63) is 46.1 Å². The van der Waals surface area contributed by atoms with Crippen molar-refractivity contribution in [2.24, 2.45) is 0 Å². The number of para-hydroxylation sites is 1. The lowest BCUT2D eigenvalue weighted by Gasteiger charge is -2.09. The highest BCUT2D eigenvalue weighted by atomic mass is 79.9. The molecule has 20 heavy (non-hydrogen) atoms. The van der Waals surface area contributed by atoms with Gasteiger partial charge in [0.1, 0.15) is 11.5 Å². The van der Waals surface area contributed by atoms with E-state index in [0.29, 0.717) is 17.3 Å². The number of aromatic nitrogens is 3. The van der Waals surface area contributed by atoms with Crippen molar-refractivity contribution in [1.29, 1.82) is 0 Å². The van der Waals surface area contributed by atoms with Gasteiger partial charge in [-0.3, -0.25) is 0 Å². The number of hydrogen-bond acceptors (Lipinski definition) is 4. The van der Waals surface area contributed by atoms with Crippen molar-refractivity contribution >= 4 is 32.7 Å². The molecule has 3 rings (SSSR count). The molecule has 100 valence electrons. The zero-order valence-corrected chi connectivity index (χ0v) is 12.8. The van der Waals surface area contributed by atoms with E-state index in [9.17, 15) is 0 Å². The van der Waals surface area contributed by atoms with E-state index in [0.717, 1.165) is 26.6 Å². The predicted octanol–water partition coefficient (Wildman–Crippen LogP) is 3.65. The van der Waals surface area contributed by atoms with E-state index in [1.165, 1.54) is 0 Å². The summed E-state index contributed by atoms with van der Waals surface area (Å²) in [5.74, 6) is 1.04. The Morgan fingerprint density at radius 3 is 2.55 bits per heavy atom. The second kappa shape index (κ2) is 4.83. The summed E-state index contributed by atoms with van der Waals surface area (Å²) in [5, 5.41) is 1.07. The number of nitrogen functional groups attached to an aromatic ring is 1. The van der Waals surface area contributed by atoms with E-state index in [1.54, 1.807) is 0 Å². The normalized spacial score (nSPS) is 10.9. The highest BCUT2D eigenvalue weighted by molar-refractivity contribution is 9.10. The number of nitrogens with two attached hydrogens (primary N) is 1. The average Bonchev–Trinajstić information content (AvgIpc) is 2.43. The van der Waals surface area contributed by atoms with Crippen LogP contribution in [-0.2, 0) is 0 Å². The lowest BCUT2D eigenvalue weighted by atomic mass is 10.2. The van der Waals surface area contributed by atoms with Crippen molar-refractivity contribution in [2.45, 2.75) is 13.8 Å². The van der Waals surface area contributed by atoms with Crippen LogP contribution in [0, 0.1) is 13.8 Å². The van der Waals surface area contributed by atoms with E-state index in [-0.39, 0.29) is 0 Å². The van der Waals surface area contributed by atoms with Crippen molar-refractivity contribution < 1.29 is 0 Å². The summed E-state index contributed by atoms with van der Waals surface area (Å²) in [6.07, 6.45) is 0. The Labute approximate surface area is 125 Å². The Bertz CT molecular complexity index is 791. The van der Waals surface area contributed by atoms with Crippen molar-refractivity contribution in [1.82, 2.24) is 15.0 Å². The molecule has 0 saturated heterocycles. The Morgan fingerprint density at radius 2 is 1.80 bits per heavy atom. The van der Waals surface area contributed by atoms with E-state index < -0.39 is 0 Å².